The number of aromatic nitrogens is 5. The first kappa shape index (κ1) is 25.7. The number of carbonyl (C=O) groups is 1. The molecule has 0 aliphatic heterocycles. The molecule has 3 atom stereocenters. The zero-order chi connectivity index (χ0) is 27.5. The van der Waals surface area contributed by atoms with E-state index in [9.17, 15) is 26.7 Å². The van der Waals surface area contributed by atoms with Crippen molar-refractivity contribution in [2.75, 3.05) is 5.32 Å². The zero-order valence-electron chi connectivity index (χ0n) is 20.1. The molecular weight excluding hydrogens is 536 g/mol. The molecule has 3 aromatic heterocycles. The number of fused-ring (bicyclic) bond motifs is 1. The number of ether oxygens (including phenoxy) is 2. The lowest BCUT2D eigenvalue weighted by Gasteiger charge is -2.61. The smallest absolute Gasteiger partial charge is 0.443 e. The molecule has 3 N–H and O–H groups in total. The molecule has 1 amide bonds. The van der Waals surface area contributed by atoms with Crippen molar-refractivity contribution in [2.24, 2.45) is 5.92 Å². The highest BCUT2D eigenvalue weighted by molar-refractivity contribution is 5.73. The Morgan fingerprint density at radius 1 is 1.23 bits per heavy atom. The maximum atomic E-state index is 15.2. The monoisotopic (exact) mass is 559 g/mol. The maximum Gasteiger partial charge on any atom is 0.522 e. The van der Waals surface area contributed by atoms with Crippen LogP contribution in [0.2, 0.25) is 0 Å². The Hall–Kier alpha value is -3.56. The first-order valence-corrected chi connectivity index (χ1v) is 12.3. The summed E-state index contributed by atoms with van der Waals surface area (Å²) in [5.41, 5.74) is -0.537. The molecule has 7 rings (SSSR count). The van der Waals surface area contributed by atoms with Crippen molar-refractivity contribution < 1.29 is 40.6 Å². The van der Waals surface area contributed by atoms with Gasteiger partial charge in [0, 0.05) is 23.2 Å². The van der Waals surface area contributed by atoms with E-state index in [0.717, 1.165) is 30.0 Å². The third-order valence-corrected chi connectivity index (χ3v) is 7.54. The number of amides is 1. The Balaban J connectivity index is 1.15. The van der Waals surface area contributed by atoms with Crippen LogP contribution in [0.5, 0.6) is 0 Å². The maximum absolute atomic E-state index is 15.2. The van der Waals surface area contributed by atoms with Gasteiger partial charge in [0.1, 0.15) is 30.1 Å². The predicted molar refractivity (Wildman–Crippen MR) is 121 cm³/mol. The highest BCUT2D eigenvalue weighted by atomic mass is 19.4. The molecule has 4 saturated carbocycles. The van der Waals surface area contributed by atoms with E-state index in [-0.39, 0.29) is 28.4 Å². The van der Waals surface area contributed by atoms with Gasteiger partial charge >= 0.3 is 12.5 Å². The number of alkyl carbamates (subject to hydrolysis) is 1. The van der Waals surface area contributed by atoms with Gasteiger partial charge < -0.3 is 15.4 Å². The minimum atomic E-state index is -4.90. The van der Waals surface area contributed by atoms with Gasteiger partial charge in [0.15, 0.2) is 11.6 Å². The molecule has 4 aliphatic rings. The van der Waals surface area contributed by atoms with Crippen molar-refractivity contribution in [3.63, 3.8) is 0 Å². The van der Waals surface area contributed by atoms with E-state index in [1.54, 1.807) is 0 Å². The number of nitrogens with zero attached hydrogens (tertiary/aromatic N) is 4. The summed E-state index contributed by atoms with van der Waals surface area (Å²) in [4.78, 5) is 16.1. The van der Waals surface area contributed by atoms with Gasteiger partial charge in [-0.25, -0.2) is 27.5 Å². The summed E-state index contributed by atoms with van der Waals surface area (Å²) in [6.45, 7) is -0.927. The Bertz CT molecular complexity index is 1380. The number of rotatable bonds is 8. The average molecular weight is 559 g/mol. The summed E-state index contributed by atoms with van der Waals surface area (Å²) in [7, 11) is 0. The third-order valence-electron chi connectivity index (χ3n) is 7.54. The fraction of sp³-hybridized carbons (Fsp3) is 0.565. The van der Waals surface area contributed by atoms with Gasteiger partial charge in [-0.3, -0.25) is 9.84 Å². The first-order chi connectivity index (χ1) is 18.5. The number of alkyl halides is 6. The van der Waals surface area contributed by atoms with Gasteiger partial charge in [-0.2, -0.15) is 10.2 Å². The molecular formula is C23H23F6N7O3. The molecule has 2 bridgehead atoms. The number of carbonyl (C=O) groups excluding carboxylic acids is 1. The summed E-state index contributed by atoms with van der Waals surface area (Å²) in [6, 6.07) is 2.68. The normalized spacial score (nSPS) is 27.9. The van der Waals surface area contributed by atoms with Crippen molar-refractivity contribution in [2.45, 2.75) is 75.2 Å². The molecule has 4 aliphatic carbocycles. The average Bonchev–Trinajstić information content (AvgIpc) is 3.53. The lowest BCUT2D eigenvalue weighted by molar-refractivity contribution is -0.330. The topological polar surface area (TPSA) is 118 Å². The Kier molecular flexibility index (Phi) is 6.11. The summed E-state index contributed by atoms with van der Waals surface area (Å²) >= 11 is 0. The van der Waals surface area contributed by atoms with Gasteiger partial charge in [-0.1, -0.05) is 0 Å². The number of halogens is 6. The SMILES string of the molecule is O=C(NC12CC(C1)C2)O[C@@H]1CC[C@H](c2cc(Nc3nc(C(F)F)cn4nc(COC(F)(F)F)cc34)n[nH]2)[C@@H]1F. The van der Waals surface area contributed by atoms with Crippen molar-refractivity contribution in [1.29, 1.82) is 0 Å². The number of hydrogen-bond donors (Lipinski definition) is 3. The molecule has 10 nitrogen and oxygen atoms in total. The summed E-state index contributed by atoms with van der Waals surface area (Å²) in [6.07, 6.45) is -6.53. The van der Waals surface area contributed by atoms with Gasteiger partial charge in [0.2, 0.25) is 0 Å². The second-order valence-electron chi connectivity index (χ2n) is 10.3. The standard InChI is InChI=1S/C23H23F6N7O3/c24-18-12(1-2-16(18)39-21(37)32-22-5-10(6-22)7-22)13-4-17(34-33-13)31-20-15-3-11(9-38-23(27,28)29)35-36(15)8-14(30-20)19(25)26/h3-4,8,10,12,16,18-19H,1-2,5-7,9H2,(H,32,37)(H2,30,31,33,34)/t10?,12-,16-,18+,22?/m1/s1. The minimum absolute atomic E-state index is 0.0946. The van der Waals surface area contributed by atoms with Crippen LogP contribution in [0.25, 0.3) is 5.52 Å². The molecule has 0 radical (unpaired) electrons. The summed E-state index contributed by atoms with van der Waals surface area (Å²) in [5, 5.41) is 16.2. The molecule has 3 heterocycles. The lowest BCUT2D eigenvalue weighted by Crippen LogP contribution is -2.68. The number of H-pyrrole nitrogens is 1. The highest BCUT2D eigenvalue weighted by Crippen LogP contribution is 2.57. The lowest BCUT2D eigenvalue weighted by atomic mass is 9.50. The summed E-state index contributed by atoms with van der Waals surface area (Å²) < 4.78 is 89.4. The molecule has 0 spiro atoms. The number of aromatic amines is 1. The van der Waals surface area contributed by atoms with Gasteiger partial charge in [0.25, 0.3) is 6.43 Å². The molecule has 0 saturated heterocycles. The van der Waals surface area contributed by atoms with E-state index >= 15 is 4.39 Å². The third kappa shape index (κ3) is 5.08. The van der Waals surface area contributed by atoms with Gasteiger partial charge in [-0.05, 0) is 44.1 Å². The van der Waals surface area contributed by atoms with E-state index in [1.165, 1.54) is 12.1 Å². The van der Waals surface area contributed by atoms with Crippen molar-refractivity contribution in [1.82, 2.24) is 30.1 Å². The quantitative estimate of drug-likeness (QED) is 0.331. The van der Waals surface area contributed by atoms with Crippen LogP contribution in [0.4, 0.5) is 42.8 Å². The van der Waals surface area contributed by atoms with Crippen LogP contribution < -0.4 is 10.6 Å². The van der Waals surface area contributed by atoms with E-state index in [1.807, 2.05) is 0 Å². The Labute approximate surface area is 216 Å². The second kappa shape index (κ2) is 9.27. The molecule has 16 heteroatoms. The number of anilines is 2. The van der Waals surface area contributed by atoms with Crippen LogP contribution >= 0.6 is 0 Å². The van der Waals surface area contributed by atoms with E-state index in [2.05, 4.69) is 35.7 Å². The van der Waals surface area contributed by atoms with Gasteiger partial charge in [0.05, 0.1) is 11.9 Å². The van der Waals surface area contributed by atoms with Gasteiger partial charge in [-0.15, -0.1) is 13.2 Å². The molecule has 4 fully saturated rings. The highest BCUT2D eigenvalue weighted by Gasteiger charge is 2.58. The van der Waals surface area contributed by atoms with E-state index in [4.69, 9.17) is 4.74 Å². The number of nitrogens with one attached hydrogen (secondary N) is 3. The van der Waals surface area contributed by atoms with Crippen molar-refractivity contribution >= 4 is 23.2 Å². The molecule has 0 unspecified atom stereocenters. The van der Waals surface area contributed by atoms with Crippen LogP contribution in [0.3, 0.4) is 0 Å². The van der Waals surface area contributed by atoms with E-state index in [0.29, 0.717) is 24.5 Å². The fourth-order valence-corrected chi connectivity index (χ4v) is 5.58. The Morgan fingerprint density at radius 3 is 2.67 bits per heavy atom. The number of hydrogen-bond acceptors (Lipinski definition) is 7. The van der Waals surface area contributed by atoms with Crippen LogP contribution in [0.15, 0.2) is 18.3 Å². The predicted octanol–water partition coefficient (Wildman–Crippen LogP) is 5.03. The fourth-order valence-electron chi connectivity index (χ4n) is 5.58. The molecule has 3 aromatic rings. The minimum Gasteiger partial charge on any atom is -0.443 e. The largest absolute Gasteiger partial charge is 0.522 e. The van der Waals surface area contributed by atoms with Crippen molar-refractivity contribution in [3.8, 4) is 0 Å². The van der Waals surface area contributed by atoms with Crippen LogP contribution in [0.1, 0.15) is 61.5 Å². The molecule has 39 heavy (non-hydrogen) atoms. The van der Waals surface area contributed by atoms with E-state index < -0.39 is 49.4 Å². The zero-order valence-corrected chi connectivity index (χ0v) is 20.1. The first-order valence-electron chi connectivity index (χ1n) is 12.3. The Morgan fingerprint density at radius 2 is 2.00 bits per heavy atom. The van der Waals surface area contributed by atoms with Crippen molar-refractivity contribution in [3.05, 3.63) is 35.4 Å². The van der Waals surface area contributed by atoms with Crippen LogP contribution in [-0.4, -0.2) is 55.1 Å². The molecule has 210 valence electrons. The second-order valence-corrected chi connectivity index (χ2v) is 10.3. The molecule has 0 aromatic carbocycles. The van der Waals surface area contributed by atoms with Crippen LogP contribution in [-0.2, 0) is 16.1 Å². The van der Waals surface area contributed by atoms with Crippen LogP contribution in [0, 0.1) is 5.92 Å². The summed E-state index contributed by atoms with van der Waals surface area (Å²) in [5.74, 6) is -0.0200.